The second-order valence-corrected chi connectivity index (χ2v) is 8.01. The van der Waals surface area contributed by atoms with E-state index in [0.717, 1.165) is 28.5 Å². The van der Waals surface area contributed by atoms with Gasteiger partial charge < -0.3 is 20.7 Å². The van der Waals surface area contributed by atoms with E-state index in [1.54, 1.807) is 30.3 Å². The van der Waals surface area contributed by atoms with Crippen LogP contribution in [-0.4, -0.2) is 33.9 Å². The average Bonchev–Trinajstić information content (AvgIpc) is 3.29. The van der Waals surface area contributed by atoms with Gasteiger partial charge in [-0.1, -0.05) is 61.5 Å². The van der Waals surface area contributed by atoms with Crippen molar-refractivity contribution >= 4 is 34.4 Å². The Morgan fingerprint density at radius 3 is 2.26 bits per heavy atom. The number of fused-ring (bicyclic) bond motifs is 1. The highest BCUT2D eigenvalue weighted by Crippen LogP contribution is 2.19. The van der Waals surface area contributed by atoms with Crippen LogP contribution < -0.4 is 10.6 Å². The Labute approximate surface area is 196 Å². The maximum atomic E-state index is 13.0. The van der Waals surface area contributed by atoms with Crippen LogP contribution >= 0.6 is 0 Å². The number of H-pyrrole nitrogens is 1. The van der Waals surface area contributed by atoms with Crippen LogP contribution in [0.2, 0.25) is 0 Å². The minimum absolute atomic E-state index is 0.147. The second-order valence-electron chi connectivity index (χ2n) is 8.01. The number of hydrogen-bond acceptors (Lipinski definition) is 3. The summed E-state index contributed by atoms with van der Waals surface area (Å²) in [6.07, 6.45) is 1.04. The Hall–Kier alpha value is -4.39. The summed E-state index contributed by atoms with van der Waals surface area (Å²) in [7, 11) is 0. The van der Waals surface area contributed by atoms with Crippen LogP contribution in [0.15, 0.2) is 78.9 Å². The van der Waals surface area contributed by atoms with Gasteiger partial charge in [0, 0.05) is 17.3 Å². The van der Waals surface area contributed by atoms with E-state index < -0.39 is 23.8 Å². The molecule has 0 radical (unpaired) electrons. The van der Waals surface area contributed by atoms with Crippen LogP contribution in [-0.2, 0) is 17.6 Å². The molecule has 34 heavy (non-hydrogen) atoms. The van der Waals surface area contributed by atoms with E-state index in [1.807, 2.05) is 55.5 Å². The molecule has 4 rings (SSSR count). The normalized spacial score (nSPS) is 11.7. The molecule has 0 aliphatic rings. The third kappa shape index (κ3) is 5.15. The van der Waals surface area contributed by atoms with Gasteiger partial charge in [-0.05, 0) is 41.8 Å². The number of para-hydroxylation sites is 2. The average molecular weight is 456 g/mol. The molecule has 2 amide bonds. The first-order valence-electron chi connectivity index (χ1n) is 11.0. The van der Waals surface area contributed by atoms with Crippen LogP contribution in [0.1, 0.15) is 38.9 Å². The molecule has 4 aromatic rings. The molecule has 1 unspecified atom stereocenters. The molecule has 0 aliphatic carbocycles. The zero-order valence-electron chi connectivity index (χ0n) is 18.7. The molecular formula is C27H25N3O4. The van der Waals surface area contributed by atoms with Crippen LogP contribution in [0.4, 0.5) is 5.69 Å². The summed E-state index contributed by atoms with van der Waals surface area (Å²) in [6, 6.07) is 22.3. The smallest absolute Gasteiger partial charge is 0.326 e. The monoisotopic (exact) mass is 455 g/mol. The number of anilines is 1. The maximum absolute atomic E-state index is 13.0. The van der Waals surface area contributed by atoms with E-state index in [-0.39, 0.29) is 12.0 Å². The first kappa shape index (κ1) is 22.8. The lowest BCUT2D eigenvalue weighted by Crippen LogP contribution is -2.42. The van der Waals surface area contributed by atoms with E-state index in [4.69, 9.17) is 0 Å². The van der Waals surface area contributed by atoms with Crippen LogP contribution in [0.3, 0.4) is 0 Å². The van der Waals surface area contributed by atoms with Gasteiger partial charge in [0.2, 0.25) is 0 Å². The standard InChI is InChI=1S/C27H25N3O4/c1-2-17-11-13-18(14-12-17)15-24(27(33)34)30-25(31)20-8-4-6-10-22(20)29-26(32)23-16-19-7-3-5-9-21(19)28-23/h3-14,16,24,28H,2,15H2,1H3,(H,29,32)(H,30,31)(H,33,34). The highest BCUT2D eigenvalue weighted by Gasteiger charge is 2.23. The van der Waals surface area contributed by atoms with E-state index in [9.17, 15) is 19.5 Å². The number of carboxylic acid groups (broad SMARTS) is 1. The number of rotatable bonds is 8. The largest absolute Gasteiger partial charge is 0.480 e. The van der Waals surface area contributed by atoms with Gasteiger partial charge in [0.15, 0.2) is 0 Å². The van der Waals surface area contributed by atoms with E-state index >= 15 is 0 Å². The van der Waals surface area contributed by atoms with Gasteiger partial charge in [-0.25, -0.2) is 4.79 Å². The molecule has 172 valence electrons. The van der Waals surface area contributed by atoms with Crippen molar-refractivity contribution in [1.82, 2.24) is 10.3 Å². The number of carbonyl (C=O) groups is 3. The summed E-state index contributed by atoms with van der Waals surface area (Å²) in [5.74, 6) is -2.11. The van der Waals surface area contributed by atoms with Gasteiger partial charge in [0.1, 0.15) is 11.7 Å². The number of aryl methyl sites for hydroxylation is 1. The van der Waals surface area contributed by atoms with Crippen molar-refractivity contribution in [1.29, 1.82) is 0 Å². The molecule has 7 nitrogen and oxygen atoms in total. The summed E-state index contributed by atoms with van der Waals surface area (Å²) in [4.78, 5) is 40.7. The fourth-order valence-electron chi connectivity index (χ4n) is 3.76. The van der Waals surface area contributed by atoms with Crippen molar-refractivity contribution < 1.29 is 19.5 Å². The van der Waals surface area contributed by atoms with Gasteiger partial charge in [0.25, 0.3) is 11.8 Å². The number of benzene rings is 3. The lowest BCUT2D eigenvalue weighted by molar-refractivity contribution is -0.139. The fourth-order valence-corrected chi connectivity index (χ4v) is 3.76. The van der Waals surface area contributed by atoms with Crippen molar-refractivity contribution in [2.45, 2.75) is 25.8 Å². The summed E-state index contributed by atoms with van der Waals surface area (Å²) < 4.78 is 0. The summed E-state index contributed by atoms with van der Waals surface area (Å²) in [6.45, 7) is 2.05. The van der Waals surface area contributed by atoms with Crippen LogP contribution in [0.25, 0.3) is 10.9 Å². The summed E-state index contributed by atoms with van der Waals surface area (Å²) in [5, 5.41) is 15.9. The number of aliphatic carboxylic acids is 1. The molecule has 0 aliphatic heterocycles. The number of nitrogens with one attached hydrogen (secondary N) is 3. The molecule has 1 heterocycles. The van der Waals surface area contributed by atoms with Gasteiger partial charge in [-0.2, -0.15) is 0 Å². The van der Waals surface area contributed by atoms with Crippen molar-refractivity contribution in [3.8, 4) is 0 Å². The Kier molecular flexibility index (Phi) is 6.73. The molecule has 0 fully saturated rings. The fraction of sp³-hybridized carbons (Fsp3) is 0.148. The van der Waals surface area contributed by atoms with Crippen LogP contribution in [0.5, 0.6) is 0 Å². The quantitative estimate of drug-likeness (QED) is 0.315. The number of carbonyl (C=O) groups excluding carboxylic acids is 2. The third-order valence-electron chi connectivity index (χ3n) is 5.67. The zero-order chi connectivity index (χ0) is 24.1. The number of carboxylic acids is 1. The van der Waals surface area contributed by atoms with Gasteiger partial charge in [0.05, 0.1) is 11.3 Å². The predicted molar refractivity (Wildman–Crippen MR) is 131 cm³/mol. The molecule has 3 aromatic carbocycles. The first-order chi connectivity index (χ1) is 16.4. The Morgan fingerprint density at radius 2 is 1.56 bits per heavy atom. The molecule has 4 N–H and O–H groups in total. The minimum Gasteiger partial charge on any atom is -0.480 e. The zero-order valence-corrected chi connectivity index (χ0v) is 18.7. The Balaban J connectivity index is 1.50. The second kappa shape index (κ2) is 10.0. The van der Waals surface area contributed by atoms with Crippen molar-refractivity contribution in [2.24, 2.45) is 0 Å². The number of aromatic amines is 1. The van der Waals surface area contributed by atoms with Gasteiger partial charge >= 0.3 is 5.97 Å². The molecule has 0 bridgehead atoms. The Bertz CT molecular complexity index is 1310. The van der Waals surface area contributed by atoms with Crippen molar-refractivity contribution in [2.75, 3.05) is 5.32 Å². The summed E-state index contributed by atoms with van der Waals surface area (Å²) in [5.41, 5.74) is 3.62. The topological polar surface area (TPSA) is 111 Å². The lowest BCUT2D eigenvalue weighted by atomic mass is 10.0. The lowest BCUT2D eigenvalue weighted by Gasteiger charge is -2.17. The van der Waals surface area contributed by atoms with Gasteiger partial charge in [-0.15, -0.1) is 0 Å². The molecule has 0 spiro atoms. The highest BCUT2D eigenvalue weighted by atomic mass is 16.4. The molecule has 1 aromatic heterocycles. The number of amides is 2. The molecule has 0 saturated heterocycles. The minimum atomic E-state index is -1.13. The highest BCUT2D eigenvalue weighted by molar-refractivity contribution is 6.10. The summed E-state index contributed by atoms with van der Waals surface area (Å²) >= 11 is 0. The van der Waals surface area contributed by atoms with Gasteiger partial charge in [-0.3, -0.25) is 9.59 Å². The Morgan fingerprint density at radius 1 is 0.882 bits per heavy atom. The number of aromatic nitrogens is 1. The molecule has 7 heteroatoms. The third-order valence-corrected chi connectivity index (χ3v) is 5.67. The van der Waals surface area contributed by atoms with Crippen LogP contribution in [0, 0.1) is 0 Å². The number of hydrogen-bond donors (Lipinski definition) is 4. The van der Waals surface area contributed by atoms with Crippen molar-refractivity contribution in [3.63, 3.8) is 0 Å². The maximum Gasteiger partial charge on any atom is 0.326 e. The van der Waals surface area contributed by atoms with E-state index in [1.165, 1.54) is 0 Å². The molecule has 1 atom stereocenters. The SMILES string of the molecule is CCc1ccc(CC(NC(=O)c2ccccc2NC(=O)c2cc3ccccc3[nH]2)C(=O)O)cc1. The van der Waals surface area contributed by atoms with E-state index in [2.05, 4.69) is 15.6 Å². The van der Waals surface area contributed by atoms with E-state index in [0.29, 0.717) is 11.4 Å². The van der Waals surface area contributed by atoms with Crippen molar-refractivity contribution in [3.05, 3.63) is 101 Å². The predicted octanol–water partition coefficient (Wildman–Crippen LogP) is 4.41. The molecule has 0 saturated carbocycles. The molecular weight excluding hydrogens is 430 g/mol. The first-order valence-corrected chi connectivity index (χ1v) is 11.0.